The lowest BCUT2D eigenvalue weighted by atomic mass is 10.2. The quantitative estimate of drug-likeness (QED) is 0.891. The molecule has 1 saturated heterocycles. The van der Waals surface area contributed by atoms with E-state index in [1.165, 1.54) is 0 Å². The second-order valence-electron chi connectivity index (χ2n) is 5.64. The first-order chi connectivity index (χ1) is 11.5. The van der Waals surface area contributed by atoms with Crippen LogP contribution in [0, 0.1) is 0 Å². The summed E-state index contributed by atoms with van der Waals surface area (Å²) in [5, 5.41) is 5.36. The molecule has 6 nitrogen and oxygen atoms in total. The van der Waals surface area contributed by atoms with Gasteiger partial charge in [0.05, 0.1) is 11.5 Å². The van der Waals surface area contributed by atoms with Crippen molar-refractivity contribution in [3.63, 3.8) is 0 Å². The van der Waals surface area contributed by atoms with Gasteiger partial charge >= 0.3 is 6.03 Å². The summed E-state index contributed by atoms with van der Waals surface area (Å²) in [4.78, 5) is 11.9. The molecule has 0 spiro atoms. The monoisotopic (exact) mass is 346 g/mol. The van der Waals surface area contributed by atoms with Gasteiger partial charge < -0.3 is 15.4 Å². The zero-order chi connectivity index (χ0) is 17.0. The lowest BCUT2D eigenvalue weighted by Crippen LogP contribution is -2.38. The fourth-order valence-electron chi connectivity index (χ4n) is 2.49. The van der Waals surface area contributed by atoms with Crippen LogP contribution >= 0.6 is 0 Å². The standard InChI is InChI=1S/C17H18N2O4S/c20-17(19-14-10-11-24(21,22)12-14)18-13-6-8-16(9-7-13)23-15-4-2-1-3-5-15/h1-9,14H,10-12H2,(H2,18,19,20). The van der Waals surface area contributed by atoms with Crippen molar-refractivity contribution >= 4 is 21.6 Å². The summed E-state index contributed by atoms with van der Waals surface area (Å²) in [6.07, 6.45) is 0.458. The fourth-order valence-corrected chi connectivity index (χ4v) is 4.17. The molecule has 0 radical (unpaired) electrons. The summed E-state index contributed by atoms with van der Waals surface area (Å²) < 4.78 is 28.4. The van der Waals surface area contributed by atoms with Crippen LogP contribution in [0.3, 0.4) is 0 Å². The van der Waals surface area contributed by atoms with Crippen molar-refractivity contribution in [2.75, 3.05) is 16.8 Å². The third-order valence-electron chi connectivity index (χ3n) is 3.66. The maximum absolute atomic E-state index is 11.9. The summed E-state index contributed by atoms with van der Waals surface area (Å²) in [7, 11) is -3.01. The van der Waals surface area contributed by atoms with E-state index in [1.54, 1.807) is 24.3 Å². The fraction of sp³-hybridized carbons (Fsp3) is 0.235. The molecule has 0 aliphatic carbocycles. The Morgan fingerprint density at radius 2 is 1.67 bits per heavy atom. The van der Waals surface area contributed by atoms with Crippen LogP contribution in [0.5, 0.6) is 11.5 Å². The van der Waals surface area contributed by atoms with Crippen LogP contribution in [0.4, 0.5) is 10.5 Å². The highest BCUT2D eigenvalue weighted by Gasteiger charge is 2.28. The van der Waals surface area contributed by atoms with Gasteiger partial charge in [0.2, 0.25) is 0 Å². The number of carbonyl (C=O) groups excluding carboxylic acids is 1. The van der Waals surface area contributed by atoms with Crippen molar-refractivity contribution in [1.82, 2.24) is 5.32 Å². The molecular weight excluding hydrogens is 328 g/mol. The maximum atomic E-state index is 11.9. The van der Waals surface area contributed by atoms with Crippen LogP contribution < -0.4 is 15.4 Å². The molecule has 126 valence electrons. The van der Waals surface area contributed by atoms with Crippen molar-refractivity contribution < 1.29 is 17.9 Å². The van der Waals surface area contributed by atoms with Crippen molar-refractivity contribution in [2.24, 2.45) is 0 Å². The molecule has 0 aromatic heterocycles. The number of benzene rings is 2. The van der Waals surface area contributed by atoms with Gasteiger partial charge in [0, 0.05) is 11.7 Å². The highest BCUT2D eigenvalue weighted by Crippen LogP contribution is 2.22. The second kappa shape index (κ2) is 6.92. The molecule has 24 heavy (non-hydrogen) atoms. The second-order valence-corrected chi connectivity index (χ2v) is 7.87. The van der Waals surface area contributed by atoms with E-state index in [-0.39, 0.29) is 17.5 Å². The minimum Gasteiger partial charge on any atom is -0.457 e. The van der Waals surface area contributed by atoms with E-state index < -0.39 is 15.9 Å². The predicted molar refractivity (Wildman–Crippen MR) is 92.2 cm³/mol. The molecule has 1 aliphatic rings. The van der Waals surface area contributed by atoms with E-state index >= 15 is 0 Å². The minimum absolute atomic E-state index is 0.00424. The zero-order valence-corrected chi connectivity index (χ0v) is 13.8. The Kier molecular flexibility index (Phi) is 4.71. The highest BCUT2D eigenvalue weighted by molar-refractivity contribution is 7.91. The Labute approximate surface area is 140 Å². The van der Waals surface area contributed by atoms with E-state index in [9.17, 15) is 13.2 Å². The Bertz CT molecular complexity index is 804. The number of anilines is 1. The third-order valence-corrected chi connectivity index (χ3v) is 5.43. The Morgan fingerprint density at radius 3 is 2.29 bits per heavy atom. The van der Waals surface area contributed by atoms with E-state index in [2.05, 4.69) is 10.6 Å². The molecule has 3 rings (SSSR count). The van der Waals surface area contributed by atoms with E-state index in [0.717, 1.165) is 5.75 Å². The largest absolute Gasteiger partial charge is 0.457 e. The number of carbonyl (C=O) groups is 1. The summed E-state index contributed by atoms with van der Waals surface area (Å²) in [6.45, 7) is 0. The van der Waals surface area contributed by atoms with Gasteiger partial charge in [0.1, 0.15) is 11.5 Å². The number of para-hydroxylation sites is 1. The lowest BCUT2D eigenvalue weighted by Gasteiger charge is -2.12. The average Bonchev–Trinajstić information content (AvgIpc) is 2.89. The van der Waals surface area contributed by atoms with Gasteiger partial charge in [0.25, 0.3) is 0 Å². The van der Waals surface area contributed by atoms with Crippen molar-refractivity contribution in [2.45, 2.75) is 12.5 Å². The molecule has 1 heterocycles. The molecule has 1 unspecified atom stereocenters. The number of rotatable bonds is 4. The number of amides is 2. The first-order valence-electron chi connectivity index (χ1n) is 7.61. The molecule has 2 N–H and O–H groups in total. The molecule has 2 amide bonds. The Balaban J connectivity index is 1.53. The molecule has 1 fully saturated rings. The number of urea groups is 1. The Hall–Kier alpha value is -2.54. The van der Waals surface area contributed by atoms with Crippen molar-refractivity contribution in [3.8, 4) is 11.5 Å². The van der Waals surface area contributed by atoms with Gasteiger partial charge in [-0.2, -0.15) is 0 Å². The minimum atomic E-state index is -3.01. The number of sulfone groups is 1. The van der Waals surface area contributed by atoms with Crippen molar-refractivity contribution in [1.29, 1.82) is 0 Å². The predicted octanol–water partition coefficient (Wildman–Crippen LogP) is 2.79. The van der Waals surface area contributed by atoms with Gasteiger partial charge in [-0.05, 0) is 42.8 Å². The molecule has 0 bridgehead atoms. The number of hydrogen-bond acceptors (Lipinski definition) is 4. The van der Waals surface area contributed by atoms with Gasteiger partial charge in [-0.15, -0.1) is 0 Å². The summed E-state index contributed by atoms with van der Waals surface area (Å²) >= 11 is 0. The van der Waals surface area contributed by atoms with Gasteiger partial charge in [0.15, 0.2) is 9.84 Å². The molecule has 7 heteroatoms. The maximum Gasteiger partial charge on any atom is 0.319 e. The van der Waals surface area contributed by atoms with E-state index in [1.807, 2.05) is 30.3 Å². The Morgan fingerprint density at radius 1 is 1.00 bits per heavy atom. The first kappa shape index (κ1) is 16.3. The molecule has 2 aromatic rings. The van der Waals surface area contributed by atoms with Gasteiger partial charge in [-0.1, -0.05) is 18.2 Å². The van der Waals surface area contributed by atoms with Crippen LogP contribution in [-0.4, -0.2) is 32.0 Å². The molecule has 1 aliphatic heterocycles. The molecule has 1 atom stereocenters. The number of hydrogen-bond donors (Lipinski definition) is 2. The highest BCUT2D eigenvalue weighted by atomic mass is 32.2. The van der Waals surface area contributed by atoms with E-state index in [4.69, 9.17) is 4.74 Å². The number of ether oxygens (including phenoxy) is 1. The first-order valence-corrected chi connectivity index (χ1v) is 9.43. The SMILES string of the molecule is O=C(Nc1ccc(Oc2ccccc2)cc1)NC1CCS(=O)(=O)C1. The van der Waals surface area contributed by atoms with Crippen molar-refractivity contribution in [3.05, 3.63) is 54.6 Å². The number of nitrogens with one attached hydrogen (secondary N) is 2. The topological polar surface area (TPSA) is 84.5 Å². The molecule has 0 saturated carbocycles. The summed E-state index contributed by atoms with van der Waals surface area (Å²) in [5.74, 6) is 1.53. The van der Waals surface area contributed by atoms with Crippen LogP contribution in [0.25, 0.3) is 0 Å². The third kappa shape index (κ3) is 4.48. The molecular formula is C17H18N2O4S. The van der Waals surface area contributed by atoms with Crippen LogP contribution in [0.1, 0.15) is 6.42 Å². The van der Waals surface area contributed by atoms with Gasteiger partial charge in [-0.25, -0.2) is 13.2 Å². The van der Waals surface area contributed by atoms with Crippen LogP contribution in [0.15, 0.2) is 54.6 Å². The smallest absolute Gasteiger partial charge is 0.319 e. The summed E-state index contributed by atoms with van der Waals surface area (Å²) in [5.41, 5.74) is 0.605. The van der Waals surface area contributed by atoms with E-state index in [0.29, 0.717) is 17.9 Å². The normalized spacial score (nSPS) is 18.8. The molecule has 2 aromatic carbocycles. The lowest BCUT2D eigenvalue weighted by molar-refractivity contribution is 0.249. The van der Waals surface area contributed by atoms with Crippen LogP contribution in [0.2, 0.25) is 0 Å². The van der Waals surface area contributed by atoms with Gasteiger partial charge in [-0.3, -0.25) is 0 Å². The summed E-state index contributed by atoms with van der Waals surface area (Å²) in [6, 6.07) is 15.6. The van der Waals surface area contributed by atoms with Crippen LogP contribution in [-0.2, 0) is 9.84 Å². The zero-order valence-electron chi connectivity index (χ0n) is 12.9. The average molecular weight is 346 g/mol.